The molecule has 2 aromatic rings. The van der Waals surface area contributed by atoms with Crippen LogP contribution < -0.4 is 14.8 Å². The molecule has 0 saturated heterocycles. The van der Waals surface area contributed by atoms with Crippen LogP contribution in [0.15, 0.2) is 36.7 Å². The van der Waals surface area contributed by atoms with Gasteiger partial charge in [0.1, 0.15) is 12.1 Å². The first-order valence-electron chi connectivity index (χ1n) is 6.94. The molecule has 1 atom stereocenters. The van der Waals surface area contributed by atoms with Gasteiger partial charge in [-0.15, -0.1) is 0 Å². The van der Waals surface area contributed by atoms with Gasteiger partial charge in [0.2, 0.25) is 5.88 Å². The van der Waals surface area contributed by atoms with Gasteiger partial charge in [-0.3, -0.25) is 0 Å². The second kappa shape index (κ2) is 7.04. The highest BCUT2D eigenvalue weighted by Crippen LogP contribution is 2.24. The number of aromatic nitrogens is 2. The maximum Gasteiger partial charge on any atom is 0.216 e. The smallest absolute Gasteiger partial charge is 0.216 e. The summed E-state index contributed by atoms with van der Waals surface area (Å²) < 4.78 is 10.8. The molecule has 21 heavy (non-hydrogen) atoms. The molecule has 0 bridgehead atoms. The molecular weight excluding hydrogens is 266 g/mol. The van der Waals surface area contributed by atoms with Crippen molar-refractivity contribution in [2.24, 2.45) is 0 Å². The lowest BCUT2D eigenvalue weighted by molar-refractivity contribution is 0.242. The highest BCUT2D eigenvalue weighted by Gasteiger charge is 2.14. The van der Waals surface area contributed by atoms with Gasteiger partial charge in [0.15, 0.2) is 0 Å². The Labute approximate surface area is 125 Å². The van der Waals surface area contributed by atoms with Crippen LogP contribution in [-0.4, -0.2) is 30.2 Å². The van der Waals surface area contributed by atoms with Crippen molar-refractivity contribution < 1.29 is 9.47 Å². The summed E-state index contributed by atoms with van der Waals surface area (Å²) in [5.41, 5.74) is 1.97. The number of ether oxygens (including phenoxy) is 2. The lowest BCUT2D eigenvalue weighted by atomic mass is 10.0. The van der Waals surface area contributed by atoms with Gasteiger partial charge in [0.25, 0.3) is 0 Å². The van der Waals surface area contributed by atoms with Gasteiger partial charge in [-0.2, -0.15) is 0 Å². The second-order valence-corrected chi connectivity index (χ2v) is 4.94. The van der Waals surface area contributed by atoms with E-state index in [1.54, 1.807) is 7.11 Å². The number of hydrogen-bond acceptors (Lipinski definition) is 5. The molecule has 0 fully saturated rings. The zero-order chi connectivity index (χ0) is 15.2. The monoisotopic (exact) mass is 287 g/mol. The van der Waals surface area contributed by atoms with Crippen LogP contribution in [0.1, 0.15) is 31.1 Å². The van der Waals surface area contributed by atoms with Gasteiger partial charge in [0, 0.05) is 6.07 Å². The van der Waals surface area contributed by atoms with E-state index in [1.165, 1.54) is 6.33 Å². The van der Waals surface area contributed by atoms with Gasteiger partial charge in [-0.1, -0.05) is 12.1 Å². The largest absolute Gasteiger partial charge is 0.491 e. The molecule has 1 N–H and O–H groups in total. The Kier molecular flexibility index (Phi) is 5.11. The molecule has 0 aliphatic rings. The van der Waals surface area contributed by atoms with E-state index in [0.29, 0.717) is 5.88 Å². The number of nitrogens with zero attached hydrogens (tertiary/aromatic N) is 2. The van der Waals surface area contributed by atoms with Crippen LogP contribution in [0.5, 0.6) is 11.6 Å². The second-order valence-electron chi connectivity index (χ2n) is 4.94. The molecule has 1 heterocycles. The average Bonchev–Trinajstić information content (AvgIpc) is 2.49. The minimum absolute atomic E-state index is 0.0185. The Morgan fingerprint density at radius 1 is 1.10 bits per heavy atom. The molecule has 0 radical (unpaired) electrons. The molecule has 0 aliphatic carbocycles. The molecule has 1 aromatic carbocycles. The van der Waals surface area contributed by atoms with Crippen molar-refractivity contribution in [3.8, 4) is 11.6 Å². The predicted octanol–water partition coefficient (Wildman–Crippen LogP) is 2.58. The quantitative estimate of drug-likeness (QED) is 0.885. The van der Waals surface area contributed by atoms with E-state index in [2.05, 4.69) is 15.3 Å². The van der Waals surface area contributed by atoms with E-state index in [0.717, 1.165) is 17.0 Å². The Balaban J connectivity index is 2.24. The molecule has 0 spiro atoms. The van der Waals surface area contributed by atoms with Crippen molar-refractivity contribution in [1.29, 1.82) is 0 Å². The van der Waals surface area contributed by atoms with E-state index in [-0.39, 0.29) is 12.1 Å². The van der Waals surface area contributed by atoms with Gasteiger partial charge in [-0.25, -0.2) is 9.97 Å². The normalized spacial score (nSPS) is 12.2. The first kappa shape index (κ1) is 15.3. The fourth-order valence-electron chi connectivity index (χ4n) is 2.12. The summed E-state index contributed by atoms with van der Waals surface area (Å²) in [6.45, 7) is 4.02. The number of benzene rings is 1. The summed E-state index contributed by atoms with van der Waals surface area (Å²) in [5.74, 6) is 1.42. The van der Waals surface area contributed by atoms with E-state index < -0.39 is 0 Å². The maximum atomic E-state index is 5.66. The van der Waals surface area contributed by atoms with Gasteiger partial charge < -0.3 is 14.8 Å². The van der Waals surface area contributed by atoms with Crippen LogP contribution in [0.25, 0.3) is 0 Å². The number of methoxy groups -OCH3 is 1. The van der Waals surface area contributed by atoms with E-state index in [9.17, 15) is 0 Å². The van der Waals surface area contributed by atoms with E-state index in [1.807, 2.05) is 51.2 Å². The van der Waals surface area contributed by atoms with Crippen molar-refractivity contribution in [3.63, 3.8) is 0 Å². The van der Waals surface area contributed by atoms with Crippen molar-refractivity contribution >= 4 is 0 Å². The maximum absolute atomic E-state index is 5.66. The first-order chi connectivity index (χ1) is 10.1. The molecular formula is C16H21N3O2. The summed E-state index contributed by atoms with van der Waals surface area (Å²) in [4.78, 5) is 8.35. The van der Waals surface area contributed by atoms with Crippen molar-refractivity contribution in [1.82, 2.24) is 15.3 Å². The summed E-state index contributed by atoms with van der Waals surface area (Å²) in [7, 11) is 3.50. The lowest BCUT2D eigenvalue weighted by Gasteiger charge is -2.17. The third-order valence-corrected chi connectivity index (χ3v) is 3.04. The van der Waals surface area contributed by atoms with Crippen LogP contribution in [0, 0.1) is 0 Å². The molecule has 1 unspecified atom stereocenters. The van der Waals surface area contributed by atoms with Gasteiger partial charge in [0.05, 0.1) is 24.9 Å². The van der Waals surface area contributed by atoms with E-state index in [4.69, 9.17) is 9.47 Å². The molecule has 1 aromatic heterocycles. The van der Waals surface area contributed by atoms with Crippen molar-refractivity contribution in [3.05, 3.63) is 47.9 Å². The molecule has 2 rings (SSSR count). The average molecular weight is 287 g/mol. The minimum atomic E-state index is -0.0185. The topological polar surface area (TPSA) is 56.3 Å². The number of rotatable bonds is 6. The Bertz CT molecular complexity index is 570. The SMILES string of the molecule is CNC(c1ccc(OC(C)C)cc1)c1cc(OC)ncn1. The van der Waals surface area contributed by atoms with Crippen molar-refractivity contribution in [2.75, 3.05) is 14.2 Å². The Hall–Kier alpha value is -2.14. The van der Waals surface area contributed by atoms with Gasteiger partial charge >= 0.3 is 0 Å². The molecule has 0 saturated carbocycles. The summed E-state index contributed by atoms with van der Waals surface area (Å²) >= 11 is 0. The molecule has 0 aliphatic heterocycles. The minimum Gasteiger partial charge on any atom is -0.491 e. The summed E-state index contributed by atoms with van der Waals surface area (Å²) in [6.07, 6.45) is 1.68. The lowest BCUT2D eigenvalue weighted by Crippen LogP contribution is -2.19. The molecule has 5 nitrogen and oxygen atoms in total. The number of hydrogen-bond donors (Lipinski definition) is 1. The van der Waals surface area contributed by atoms with Gasteiger partial charge in [-0.05, 0) is 38.6 Å². The zero-order valence-corrected chi connectivity index (χ0v) is 12.8. The molecule has 112 valence electrons. The fourth-order valence-corrected chi connectivity index (χ4v) is 2.12. The zero-order valence-electron chi connectivity index (χ0n) is 12.8. The summed E-state index contributed by atoms with van der Waals surface area (Å²) in [5, 5.41) is 3.26. The van der Waals surface area contributed by atoms with Crippen LogP contribution >= 0.6 is 0 Å². The van der Waals surface area contributed by atoms with Crippen LogP contribution in [0.2, 0.25) is 0 Å². The predicted molar refractivity (Wildman–Crippen MR) is 81.7 cm³/mol. The van der Waals surface area contributed by atoms with Crippen LogP contribution in [-0.2, 0) is 0 Å². The fraction of sp³-hybridized carbons (Fsp3) is 0.375. The number of nitrogens with one attached hydrogen (secondary N) is 1. The summed E-state index contributed by atoms with van der Waals surface area (Å²) in [6, 6.07) is 9.83. The molecule has 0 amide bonds. The van der Waals surface area contributed by atoms with Crippen molar-refractivity contribution in [2.45, 2.75) is 26.0 Å². The molecule has 5 heteroatoms. The first-order valence-corrected chi connectivity index (χ1v) is 6.94. The Morgan fingerprint density at radius 2 is 1.81 bits per heavy atom. The van der Waals surface area contributed by atoms with E-state index >= 15 is 0 Å². The Morgan fingerprint density at radius 3 is 2.38 bits per heavy atom. The highest BCUT2D eigenvalue weighted by atomic mass is 16.5. The van der Waals surface area contributed by atoms with Crippen LogP contribution in [0.3, 0.4) is 0 Å². The van der Waals surface area contributed by atoms with Crippen LogP contribution in [0.4, 0.5) is 0 Å². The third-order valence-electron chi connectivity index (χ3n) is 3.04. The third kappa shape index (κ3) is 3.92. The standard InChI is InChI=1S/C16H21N3O2/c1-11(2)21-13-7-5-12(6-8-13)16(17-3)14-9-15(20-4)19-10-18-14/h5-11,16-17H,1-4H3. The highest BCUT2D eigenvalue weighted by molar-refractivity contribution is 5.34.